The highest BCUT2D eigenvalue weighted by Gasteiger charge is 2.06. The van der Waals surface area contributed by atoms with Crippen LogP contribution in [0.3, 0.4) is 0 Å². The number of hydrogen-bond acceptors (Lipinski definition) is 3. The average Bonchev–Trinajstić information content (AvgIpc) is 2.16. The van der Waals surface area contributed by atoms with Crippen molar-refractivity contribution in [2.45, 2.75) is 32.7 Å². The van der Waals surface area contributed by atoms with Gasteiger partial charge in [0.15, 0.2) is 0 Å². The number of aliphatic hydroxyl groups is 1. The standard InChI is InChI=1S/C11H26N2O/c1-10(2)5-7-13(4)8-6-11(9-14)12-3/h10-12,14H,5-9H2,1-4H3. The molecular weight excluding hydrogens is 176 g/mol. The van der Waals surface area contributed by atoms with Gasteiger partial charge in [0.25, 0.3) is 0 Å². The molecule has 3 nitrogen and oxygen atoms in total. The van der Waals surface area contributed by atoms with Crippen molar-refractivity contribution in [3.05, 3.63) is 0 Å². The molecule has 0 heterocycles. The number of hydrogen-bond donors (Lipinski definition) is 2. The molecule has 0 aromatic heterocycles. The summed E-state index contributed by atoms with van der Waals surface area (Å²) < 4.78 is 0. The fourth-order valence-corrected chi connectivity index (χ4v) is 1.29. The van der Waals surface area contributed by atoms with Crippen molar-refractivity contribution in [2.24, 2.45) is 5.92 Å². The summed E-state index contributed by atoms with van der Waals surface area (Å²) in [4.78, 5) is 2.33. The minimum Gasteiger partial charge on any atom is -0.395 e. The van der Waals surface area contributed by atoms with Gasteiger partial charge in [-0.25, -0.2) is 0 Å². The molecule has 0 aromatic carbocycles. The van der Waals surface area contributed by atoms with Gasteiger partial charge in [0.2, 0.25) is 0 Å². The zero-order valence-corrected chi connectivity index (χ0v) is 10.1. The van der Waals surface area contributed by atoms with Gasteiger partial charge in [-0.3, -0.25) is 0 Å². The molecule has 0 fully saturated rings. The molecule has 1 atom stereocenters. The van der Waals surface area contributed by atoms with Crippen LogP contribution in [0.15, 0.2) is 0 Å². The van der Waals surface area contributed by atoms with Gasteiger partial charge in [-0.15, -0.1) is 0 Å². The van der Waals surface area contributed by atoms with Gasteiger partial charge in [0, 0.05) is 6.04 Å². The molecule has 0 amide bonds. The van der Waals surface area contributed by atoms with Crippen LogP contribution in [0.5, 0.6) is 0 Å². The summed E-state index contributed by atoms with van der Waals surface area (Å²) in [7, 11) is 4.04. The first kappa shape index (κ1) is 13.9. The predicted octanol–water partition coefficient (Wildman–Crippen LogP) is 0.935. The van der Waals surface area contributed by atoms with E-state index in [9.17, 15) is 0 Å². The Morgan fingerprint density at radius 2 is 1.79 bits per heavy atom. The first-order valence-corrected chi connectivity index (χ1v) is 5.56. The Balaban J connectivity index is 3.46. The van der Waals surface area contributed by atoms with Crippen LogP contribution in [0.2, 0.25) is 0 Å². The number of nitrogens with one attached hydrogen (secondary N) is 1. The molecule has 0 bridgehead atoms. The molecule has 1 unspecified atom stereocenters. The van der Waals surface area contributed by atoms with Crippen LogP contribution >= 0.6 is 0 Å². The third-order valence-corrected chi connectivity index (χ3v) is 2.58. The van der Waals surface area contributed by atoms with E-state index in [4.69, 9.17) is 5.11 Å². The molecule has 0 saturated heterocycles. The van der Waals surface area contributed by atoms with E-state index in [1.165, 1.54) is 6.42 Å². The van der Waals surface area contributed by atoms with E-state index in [2.05, 4.69) is 31.1 Å². The van der Waals surface area contributed by atoms with E-state index in [0.29, 0.717) is 0 Å². The quantitative estimate of drug-likeness (QED) is 0.615. The number of aliphatic hydroxyl groups excluding tert-OH is 1. The summed E-state index contributed by atoms with van der Waals surface area (Å²) in [5.41, 5.74) is 0. The Hall–Kier alpha value is -0.120. The van der Waals surface area contributed by atoms with E-state index in [0.717, 1.165) is 25.4 Å². The number of likely N-dealkylation sites (N-methyl/N-ethyl adjacent to an activating group) is 1. The van der Waals surface area contributed by atoms with E-state index < -0.39 is 0 Å². The topological polar surface area (TPSA) is 35.5 Å². The predicted molar refractivity (Wildman–Crippen MR) is 61.5 cm³/mol. The van der Waals surface area contributed by atoms with Gasteiger partial charge in [-0.05, 0) is 45.9 Å². The maximum absolute atomic E-state index is 8.98. The van der Waals surface area contributed by atoms with Crippen LogP contribution in [-0.4, -0.2) is 49.8 Å². The Bertz CT molecular complexity index is 124. The molecule has 0 aliphatic rings. The fourth-order valence-electron chi connectivity index (χ4n) is 1.29. The van der Waals surface area contributed by atoms with Gasteiger partial charge >= 0.3 is 0 Å². The van der Waals surface area contributed by atoms with Gasteiger partial charge in [-0.2, -0.15) is 0 Å². The maximum atomic E-state index is 8.98. The van der Waals surface area contributed by atoms with Crippen LogP contribution in [0, 0.1) is 5.92 Å². The summed E-state index contributed by atoms with van der Waals surface area (Å²) in [6.07, 6.45) is 2.27. The molecule has 3 heteroatoms. The van der Waals surface area contributed by atoms with E-state index in [1.807, 2.05) is 7.05 Å². The highest BCUT2D eigenvalue weighted by Crippen LogP contribution is 2.01. The number of rotatable bonds is 8. The smallest absolute Gasteiger partial charge is 0.0585 e. The maximum Gasteiger partial charge on any atom is 0.0585 e. The molecule has 86 valence electrons. The summed E-state index contributed by atoms with van der Waals surface area (Å²) in [6.45, 7) is 6.93. The van der Waals surface area contributed by atoms with Gasteiger partial charge in [-0.1, -0.05) is 13.8 Å². The molecule has 0 aliphatic carbocycles. The van der Waals surface area contributed by atoms with Crippen molar-refractivity contribution < 1.29 is 5.11 Å². The first-order chi connectivity index (χ1) is 6.60. The third-order valence-electron chi connectivity index (χ3n) is 2.58. The minimum atomic E-state index is 0.231. The molecular formula is C11H26N2O. The van der Waals surface area contributed by atoms with Crippen molar-refractivity contribution in [1.29, 1.82) is 0 Å². The van der Waals surface area contributed by atoms with E-state index >= 15 is 0 Å². The average molecular weight is 202 g/mol. The molecule has 0 saturated carbocycles. The summed E-state index contributed by atoms with van der Waals surface area (Å²) in [5.74, 6) is 0.774. The molecule has 0 spiro atoms. The molecule has 2 N–H and O–H groups in total. The lowest BCUT2D eigenvalue weighted by molar-refractivity contribution is 0.220. The van der Waals surface area contributed by atoms with Crippen molar-refractivity contribution in [3.63, 3.8) is 0 Å². The Morgan fingerprint density at radius 3 is 2.21 bits per heavy atom. The van der Waals surface area contributed by atoms with Crippen molar-refractivity contribution >= 4 is 0 Å². The summed E-state index contributed by atoms with van der Waals surface area (Å²) in [6, 6.07) is 0.247. The van der Waals surface area contributed by atoms with Crippen molar-refractivity contribution in [2.75, 3.05) is 33.8 Å². The van der Waals surface area contributed by atoms with Gasteiger partial charge in [0.05, 0.1) is 6.61 Å². The molecule has 0 aromatic rings. The van der Waals surface area contributed by atoms with Gasteiger partial charge in [0.1, 0.15) is 0 Å². The first-order valence-electron chi connectivity index (χ1n) is 5.56. The fraction of sp³-hybridized carbons (Fsp3) is 1.00. The van der Waals surface area contributed by atoms with Crippen LogP contribution in [-0.2, 0) is 0 Å². The second-order valence-corrected chi connectivity index (χ2v) is 4.44. The minimum absolute atomic E-state index is 0.231. The lowest BCUT2D eigenvalue weighted by Gasteiger charge is -2.20. The number of nitrogens with zero attached hydrogens (tertiary/aromatic N) is 1. The highest BCUT2D eigenvalue weighted by atomic mass is 16.3. The SMILES string of the molecule is CNC(CO)CCN(C)CCC(C)C. The lowest BCUT2D eigenvalue weighted by atomic mass is 10.1. The second kappa shape index (κ2) is 8.21. The largest absolute Gasteiger partial charge is 0.395 e. The summed E-state index contributed by atoms with van der Waals surface area (Å²) >= 11 is 0. The Kier molecular flexibility index (Phi) is 8.14. The molecule has 14 heavy (non-hydrogen) atoms. The zero-order chi connectivity index (χ0) is 11.0. The van der Waals surface area contributed by atoms with E-state index in [-0.39, 0.29) is 12.6 Å². The zero-order valence-electron chi connectivity index (χ0n) is 10.1. The Labute approximate surface area is 88.5 Å². The van der Waals surface area contributed by atoms with Crippen molar-refractivity contribution in [3.8, 4) is 0 Å². The monoisotopic (exact) mass is 202 g/mol. The molecule has 0 aliphatic heterocycles. The Morgan fingerprint density at radius 1 is 1.21 bits per heavy atom. The van der Waals surface area contributed by atoms with Crippen LogP contribution in [0.4, 0.5) is 0 Å². The molecule has 0 radical (unpaired) electrons. The molecule has 0 rings (SSSR count). The third kappa shape index (κ3) is 7.30. The second-order valence-electron chi connectivity index (χ2n) is 4.44. The van der Waals surface area contributed by atoms with Crippen molar-refractivity contribution in [1.82, 2.24) is 10.2 Å². The highest BCUT2D eigenvalue weighted by molar-refractivity contribution is 4.65. The van der Waals surface area contributed by atoms with Crippen LogP contribution in [0.1, 0.15) is 26.7 Å². The summed E-state index contributed by atoms with van der Waals surface area (Å²) in [5, 5.41) is 12.1. The van der Waals surface area contributed by atoms with Crippen LogP contribution < -0.4 is 5.32 Å². The van der Waals surface area contributed by atoms with Gasteiger partial charge < -0.3 is 15.3 Å². The lowest BCUT2D eigenvalue weighted by Crippen LogP contribution is -2.33. The van der Waals surface area contributed by atoms with E-state index in [1.54, 1.807) is 0 Å². The van der Waals surface area contributed by atoms with Crippen LogP contribution in [0.25, 0.3) is 0 Å². The normalized spacial score (nSPS) is 13.9.